The molecule has 0 spiro atoms. The number of piperidine rings is 1. The van der Waals surface area contributed by atoms with Crippen molar-refractivity contribution in [3.05, 3.63) is 108 Å². The zero-order chi connectivity index (χ0) is 24.5. The van der Waals surface area contributed by atoms with E-state index in [0.29, 0.717) is 13.0 Å². The van der Waals surface area contributed by atoms with Gasteiger partial charge in [0.1, 0.15) is 0 Å². The first-order chi connectivity index (χ1) is 17.1. The number of nitrogens with zero attached hydrogens (tertiary/aromatic N) is 2. The molecular weight excluding hydrogens is 430 g/mol. The molecule has 0 aliphatic carbocycles. The second kappa shape index (κ2) is 12.1. The summed E-state index contributed by atoms with van der Waals surface area (Å²) < 4.78 is 0. The molecule has 3 aromatic rings. The lowest BCUT2D eigenvalue weighted by Gasteiger charge is -2.45. The fourth-order valence-electron chi connectivity index (χ4n) is 5.37. The SMILES string of the molecule is CN(C)CCCC(=O)NCC1(c2ccccc2)CCN(C(c2ccccc2)c2ccccc2)CC1. The molecule has 0 aromatic heterocycles. The van der Waals surface area contributed by atoms with Gasteiger partial charge in [-0.05, 0) is 69.7 Å². The standard InChI is InChI=1S/C31H39N3O/c1-33(2)22-12-19-29(35)32-25-31(28-17-10-5-11-18-28)20-23-34(24-21-31)30(26-13-6-3-7-14-26)27-15-8-4-9-16-27/h3-11,13-18,30H,12,19-25H2,1-2H3,(H,32,35). The van der Waals surface area contributed by atoms with E-state index in [1.54, 1.807) is 0 Å². The second-order valence-electron chi connectivity index (χ2n) is 10.1. The minimum atomic E-state index is -0.0348. The van der Waals surface area contributed by atoms with Crippen LogP contribution < -0.4 is 5.32 Å². The molecule has 0 radical (unpaired) electrons. The van der Waals surface area contributed by atoms with Gasteiger partial charge in [0.15, 0.2) is 0 Å². The number of carbonyl (C=O) groups is 1. The molecule has 4 nitrogen and oxygen atoms in total. The van der Waals surface area contributed by atoms with Crippen molar-refractivity contribution in [3.8, 4) is 0 Å². The monoisotopic (exact) mass is 469 g/mol. The summed E-state index contributed by atoms with van der Waals surface area (Å²) in [6.45, 7) is 3.61. The van der Waals surface area contributed by atoms with E-state index in [0.717, 1.165) is 38.9 Å². The van der Waals surface area contributed by atoms with Gasteiger partial charge in [0.2, 0.25) is 5.91 Å². The molecule has 1 amide bonds. The van der Waals surface area contributed by atoms with Gasteiger partial charge in [0, 0.05) is 18.4 Å². The van der Waals surface area contributed by atoms with Gasteiger partial charge in [-0.1, -0.05) is 91.0 Å². The lowest BCUT2D eigenvalue weighted by Crippen LogP contribution is -2.49. The van der Waals surface area contributed by atoms with Crippen molar-refractivity contribution in [2.45, 2.75) is 37.1 Å². The molecule has 184 valence electrons. The number of carbonyl (C=O) groups excluding carboxylic acids is 1. The summed E-state index contributed by atoms with van der Waals surface area (Å²) in [6, 6.07) is 32.7. The van der Waals surface area contributed by atoms with Gasteiger partial charge in [-0.3, -0.25) is 9.69 Å². The Balaban J connectivity index is 1.50. The van der Waals surface area contributed by atoms with Crippen molar-refractivity contribution in [2.24, 2.45) is 0 Å². The maximum absolute atomic E-state index is 12.6. The van der Waals surface area contributed by atoms with Crippen LogP contribution in [0.1, 0.15) is 48.4 Å². The zero-order valence-corrected chi connectivity index (χ0v) is 21.2. The summed E-state index contributed by atoms with van der Waals surface area (Å²) in [5.41, 5.74) is 3.97. The predicted octanol–water partition coefficient (Wildman–Crippen LogP) is 5.27. The van der Waals surface area contributed by atoms with Gasteiger partial charge in [0.05, 0.1) is 6.04 Å². The summed E-state index contributed by atoms with van der Waals surface area (Å²) in [7, 11) is 4.10. The maximum Gasteiger partial charge on any atom is 0.220 e. The molecule has 0 unspecified atom stereocenters. The van der Waals surface area contributed by atoms with Crippen LogP contribution >= 0.6 is 0 Å². The van der Waals surface area contributed by atoms with E-state index in [-0.39, 0.29) is 17.4 Å². The summed E-state index contributed by atoms with van der Waals surface area (Å²) in [4.78, 5) is 17.4. The molecule has 1 saturated heterocycles. The molecule has 0 bridgehead atoms. The number of amides is 1. The molecule has 0 saturated carbocycles. The molecule has 1 aliphatic heterocycles. The second-order valence-corrected chi connectivity index (χ2v) is 10.1. The van der Waals surface area contributed by atoms with Gasteiger partial charge in [-0.15, -0.1) is 0 Å². The number of benzene rings is 3. The van der Waals surface area contributed by atoms with Crippen LogP contribution in [0.2, 0.25) is 0 Å². The fourth-order valence-corrected chi connectivity index (χ4v) is 5.37. The molecule has 1 aliphatic rings. The van der Waals surface area contributed by atoms with Crippen LogP contribution in [0.4, 0.5) is 0 Å². The summed E-state index contributed by atoms with van der Waals surface area (Å²) >= 11 is 0. The molecule has 1 N–H and O–H groups in total. The van der Waals surface area contributed by atoms with Crippen molar-refractivity contribution < 1.29 is 4.79 Å². The Hall–Kier alpha value is -2.95. The largest absolute Gasteiger partial charge is 0.355 e. The topological polar surface area (TPSA) is 35.6 Å². The summed E-state index contributed by atoms with van der Waals surface area (Å²) in [6.07, 6.45) is 3.51. The van der Waals surface area contributed by atoms with E-state index < -0.39 is 0 Å². The lowest BCUT2D eigenvalue weighted by molar-refractivity contribution is -0.121. The van der Waals surface area contributed by atoms with Crippen molar-refractivity contribution in [2.75, 3.05) is 40.3 Å². The van der Waals surface area contributed by atoms with Gasteiger partial charge < -0.3 is 10.2 Å². The molecule has 1 heterocycles. The van der Waals surface area contributed by atoms with Crippen LogP contribution in [0.25, 0.3) is 0 Å². The Labute approximate surface area is 211 Å². The molecule has 0 atom stereocenters. The number of nitrogens with one attached hydrogen (secondary N) is 1. The number of hydrogen-bond acceptors (Lipinski definition) is 3. The third kappa shape index (κ3) is 6.59. The Kier molecular flexibility index (Phi) is 8.73. The van der Waals surface area contributed by atoms with Crippen LogP contribution in [-0.2, 0) is 10.2 Å². The molecule has 35 heavy (non-hydrogen) atoms. The molecule has 1 fully saturated rings. The van der Waals surface area contributed by atoms with Crippen molar-refractivity contribution in [1.29, 1.82) is 0 Å². The zero-order valence-electron chi connectivity index (χ0n) is 21.2. The molecular formula is C31H39N3O. The highest BCUT2D eigenvalue weighted by atomic mass is 16.1. The normalized spacial score (nSPS) is 15.9. The van der Waals surface area contributed by atoms with Crippen LogP contribution in [0.3, 0.4) is 0 Å². The van der Waals surface area contributed by atoms with Gasteiger partial charge in [-0.2, -0.15) is 0 Å². The number of likely N-dealkylation sites (tertiary alicyclic amines) is 1. The van der Waals surface area contributed by atoms with E-state index in [4.69, 9.17) is 0 Å². The maximum atomic E-state index is 12.6. The Bertz CT molecular complexity index is 989. The Morgan fingerprint density at radius 3 is 1.89 bits per heavy atom. The van der Waals surface area contributed by atoms with Crippen molar-refractivity contribution >= 4 is 5.91 Å². The van der Waals surface area contributed by atoms with Crippen LogP contribution in [0, 0.1) is 0 Å². The Morgan fingerprint density at radius 1 is 0.857 bits per heavy atom. The fraction of sp³-hybridized carbons (Fsp3) is 0.387. The molecule has 4 heteroatoms. The van der Waals surface area contributed by atoms with Gasteiger partial charge >= 0.3 is 0 Å². The predicted molar refractivity (Wildman–Crippen MR) is 144 cm³/mol. The van der Waals surface area contributed by atoms with Crippen molar-refractivity contribution in [3.63, 3.8) is 0 Å². The highest BCUT2D eigenvalue weighted by Gasteiger charge is 2.38. The minimum Gasteiger partial charge on any atom is -0.355 e. The van der Waals surface area contributed by atoms with E-state index in [1.165, 1.54) is 16.7 Å². The average Bonchev–Trinajstić information content (AvgIpc) is 2.90. The first-order valence-corrected chi connectivity index (χ1v) is 12.9. The van der Waals surface area contributed by atoms with Crippen LogP contribution in [-0.4, -0.2) is 56.0 Å². The number of hydrogen-bond donors (Lipinski definition) is 1. The van der Waals surface area contributed by atoms with E-state index in [2.05, 4.69) is 106 Å². The van der Waals surface area contributed by atoms with E-state index in [1.807, 2.05) is 14.1 Å². The number of rotatable bonds is 10. The highest BCUT2D eigenvalue weighted by molar-refractivity contribution is 5.76. The van der Waals surface area contributed by atoms with Crippen molar-refractivity contribution in [1.82, 2.24) is 15.1 Å². The van der Waals surface area contributed by atoms with Gasteiger partial charge in [0.25, 0.3) is 0 Å². The van der Waals surface area contributed by atoms with E-state index >= 15 is 0 Å². The van der Waals surface area contributed by atoms with Crippen LogP contribution in [0.5, 0.6) is 0 Å². The summed E-state index contributed by atoms with van der Waals surface area (Å²) in [5, 5.41) is 3.30. The molecule has 3 aromatic carbocycles. The third-order valence-electron chi connectivity index (χ3n) is 7.37. The first kappa shape index (κ1) is 25.2. The van der Waals surface area contributed by atoms with Crippen LogP contribution in [0.15, 0.2) is 91.0 Å². The summed E-state index contributed by atoms with van der Waals surface area (Å²) in [5.74, 6) is 0.163. The lowest BCUT2D eigenvalue weighted by atomic mass is 9.72. The highest BCUT2D eigenvalue weighted by Crippen LogP contribution is 2.39. The Morgan fingerprint density at radius 2 is 1.37 bits per heavy atom. The average molecular weight is 470 g/mol. The smallest absolute Gasteiger partial charge is 0.220 e. The first-order valence-electron chi connectivity index (χ1n) is 12.9. The quantitative estimate of drug-likeness (QED) is 0.440. The van der Waals surface area contributed by atoms with E-state index in [9.17, 15) is 4.79 Å². The molecule has 4 rings (SSSR count). The minimum absolute atomic E-state index is 0.0348. The third-order valence-corrected chi connectivity index (χ3v) is 7.37. The van der Waals surface area contributed by atoms with Gasteiger partial charge in [-0.25, -0.2) is 0 Å².